The molecule has 0 amide bonds. The van der Waals surface area contributed by atoms with E-state index in [1.807, 2.05) is 12.2 Å². The highest BCUT2D eigenvalue weighted by atomic mass is 15.1. The maximum atomic E-state index is 4.22. The quantitative estimate of drug-likeness (QED) is 0.107. The Kier molecular flexibility index (Phi) is 15.7. The Morgan fingerprint density at radius 3 is 1.04 bits per heavy atom. The summed E-state index contributed by atoms with van der Waals surface area (Å²) in [6, 6.07) is 115. The van der Waals surface area contributed by atoms with Gasteiger partial charge in [0.1, 0.15) is 0 Å². The Hall–Kier alpha value is -11.6. The third kappa shape index (κ3) is 10.6. The Balaban J connectivity index is 0.824. The molecule has 0 N–H and O–H groups in total. The summed E-state index contributed by atoms with van der Waals surface area (Å²) in [6.45, 7) is 27.1. The molecule has 103 heavy (non-hydrogen) atoms. The molecule has 2 heteroatoms. The van der Waals surface area contributed by atoms with E-state index in [1.54, 1.807) is 0 Å². The molecule has 0 aliphatic heterocycles. The maximum absolute atomic E-state index is 4.22. The first kappa shape index (κ1) is 64.8. The smallest absolute Gasteiger partial charge is 0.0714 e. The summed E-state index contributed by atoms with van der Waals surface area (Å²) in [7, 11) is 0. The molecule has 13 aromatic rings. The van der Waals surface area contributed by atoms with Crippen molar-refractivity contribution in [3.05, 3.63) is 413 Å². The molecule has 0 aromatic heterocycles. The highest BCUT2D eigenvalue weighted by Crippen LogP contribution is 2.62. The number of fused-ring (bicyclic) bond motifs is 9. The molecule has 2 atom stereocenters. The van der Waals surface area contributed by atoms with Crippen molar-refractivity contribution >= 4 is 40.2 Å². The molecule has 4 aliphatic rings. The van der Waals surface area contributed by atoms with Crippen LogP contribution in [0, 0.1) is 0 Å². The molecule has 13 aromatic carbocycles. The highest BCUT2D eigenvalue weighted by Gasteiger charge is 2.49. The Labute approximate surface area is 609 Å². The second kappa shape index (κ2) is 24.9. The van der Waals surface area contributed by atoms with Crippen molar-refractivity contribution in [1.29, 1.82) is 0 Å². The summed E-state index contributed by atoms with van der Waals surface area (Å²) in [6.07, 6.45) is 10.6. The van der Waals surface area contributed by atoms with Gasteiger partial charge in [0.2, 0.25) is 0 Å². The Bertz CT molecular complexity index is 5540. The first-order chi connectivity index (χ1) is 50.0. The molecule has 0 radical (unpaired) electrons. The van der Waals surface area contributed by atoms with Gasteiger partial charge in [0, 0.05) is 39.5 Å². The SMILES string of the molecule is C=CC1=CC=C(C2(c3ccc(C(C)(C)C)cc3)c3ccccc3-c3ccc(N(c4ccc(-c5ccccc5)cc4)c4ccc5c(c4)C(C)(C)c4cc(N(c6ccc(-c7ccccc7)cc6)c6ccc7c(c6)C(c6ccc(C=C)cc6)(c6ccc(C(C)(C)C)cc6)c6ccccc6-7)ccc4-5)cc32)CC1. The van der Waals surface area contributed by atoms with Crippen molar-refractivity contribution in [2.75, 3.05) is 9.80 Å². The Morgan fingerprint density at radius 1 is 0.301 bits per heavy atom. The van der Waals surface area contributed by atoms with E-state index >= 15 is 0 Å². The van der Waals surface area contributed by atoms with Crippen LogP contribution >= 0.6 is 0 Å². The van der Waals surface area contributed by atoms with E-state index in [9.17, 15) is 0 Å². The van der Waals surface area contributed by atoms with Gasteiger partial charge in [-0.2, -0.15) is 0 Å². The zero-order chi connectivity index (χ0) is 70.6. The molecule has 0 heterocycles. The van der Waals surface area contributed by atoms with Crippen molar-refractivity contribution in [3.8, 4) is 55.6 Å². The molecule has 17 rings (SSSR count). The predicted octanol–water partition coefficient (Wildman–Crippen LogP) is 27.0. The highest BCUT2D eigenvalue weighted by molar-refractivity contribution is 5.94. The summed E-state index contributed by atoms with van der Waals surface area (Å²) in [5.41, 5.74) is 35.2. The second-order valence-electron chi connectivity index (χ2n) is 31.3. The van der Waals surface area contributed by atoms with E-state index in [1.165, 1.54) is 128 Å². The first-order valence-corrected chi connectivity index (χ1v) is 36.6. The fourth-order valence-corrected chi connectivity index (χ4v) is 17.6. The van der Waals surface area contributed by atoms with Crippen molar-refractivity contribution < 1.29 is 0 Å². The largest absolute Gasteiger partial charge is 0.310 e. The molecule has 0 spiro atoms. The van der Waals surface area contributed by atoms with Crippen molar-refractivity contribution in [1.82, 2.24) is 0 Å². The van der Waals surface area contributed by atoms with E-state index in [2.05, 4.69) is 394 Å². The van der Waals surface area contributed by atoms with E-state index in [-0.39, 0.29) is 10.8 Å². The van der Waals surface area contributed by atoms with Gasteiger partial charge in [-0.25, -0.2) is 0 Å². The van der Waals surface area contributed by atoms with E-state index in [4.69, 9.17) is 0 Å². The number of rotatable bonds is 14. The van der Waals surface area contributed by atoms with Crippen LogP contribution in [0.4, 0.5) is 34.1 Å². The zero-order valence-corrected chi connectivity index (χ0v) is 60.4. The number of nitrogens with zero attached hydrogens (tertiary/aromatic N) is 2. The number of benzene rings is 13. The molecule has 0 saturated carbocycles. The minimum Gasteiger partial charge on any atom is -0.310 e. The van der Waals surface area contributed by atoms with Gasteiger partial charge < -0.3 is 9.80 Å². The molecule has 500 valence electrons. The minimum absolute atomic E-state index is 0.00282. The van der Waals surface area contributed by atoms with Crippen molar-refractivity contribution in [2.24, 2.45) is 0 Å². The average molecular weight is 1330 g/mol. The lowest BCUT2D eigenvalue weighted by Gasteiger charge is -2.38. The van der Waals surface area contributed by atoms with Crippen LogP contribution in [-0.4, -0.2) is 0 Å². The number of hydrogen-bond donors (Lipinski definition) is 0. The fourth-order valence-electron chi connectivity index (χ4n) is 17.6. The molecule has 0 saturated heterocycles. The first-order valence-electron chi connectivity index (χ1n) is 36.6. The predicted molar refractivity (Wildman–Crippen MR) is 436 cm³/mol. The standard InChI is InChI=1S/C101H86N2/c1-11-67-31-39-75(40-32-67)100(77-47-43-73(44-48-77)97(3,4)5)91-29-21-19-27-85(91)89-61-57-83(65-95(89)100)102(79-51-35-71(36-52-79)69-23-15-13-16-24-69)81-55-59-87-88-60-56-82(64-94(88)99(9,10)93(87)63-81)103(80-53-37-72(38-54-80)70-25-17-14-18-26-70)84-58-62-90-86-28-20-22-30-92(86)101(96(90)66-84,76-41-33-68(12-2)34-42-76)78-49-45-74(46-50-78)98(6,7)8/h11-33,35-41,43-66H,1-2,34,42H2,3-10H3. The number of anilines is 6. The van der Waals surface area contributed by atoms with Crippen molar-refractivity contribution in [2.45, 2.75) is 95.3 Å². The second-order valence-corrected chi connectivity index (χ2v) is 31.3. The summed E-state index contributed by atoms with van der Waals surface area (Å²) in [5, 5.41) is 0. The van der Waals surface area contributed by atoms with Gasteiger partial charge in [-0.05, 0) is 224 Å². The van der Waals surface area contributed by atoms with Crippen LogP contribution in [0.5, 0.6) is 0 Å². The Morgan fingerprint density at radius 2 is 0.641 bits per heavy atom. The van der Waals surface area contributed by atoms with Crippen LogP contribution in [0.25, 0.3) is 61.7 Å². The molecule has 2 nitrogen and oxygen atoms in total. The molecule has 4 aliphatic carbocycles. The van der Waals surface area contributed by atoms with Crippen LogP contribution in [0.2, 0.25) is 0 Å². The van der Waals surface area contributed by atoms with Crippen LogP contribution in [0.3, 0.4) is 0 Å². The summed E-state index contributed by atoms with van der Waals surface area (Å²) >= 11 is 0. The number of hydrogen-bond acceptors (Lipinski definition) is 2. The van der Waals surface area contributed by atoms with Crippen LogP contribution in [0.15, 0.2) is 346 Å². The fraction of sp³-hybridized carbons (Fsp3) is 0.149. The summed E-state index contributed by atoms with van der Waals surface area (Å²) in [4.78, 5) is 5.02. The van der Waals surface area contributed by atoms with E-state index < -0.39 is 16.2 Å². The lowest BCUT2D eigenvalue weighted by molar-refractivity contribution is 0.588. The molecular weight excluding hydrogens is 1240 g/mol. The summed E-state index contributed by atoms with van der Waals surface area (Å²) in [5.74, 6) is 0. The summed E-state index contributed by atoms with van der Waals surface area (Å²) < 4.78 is 0. The zero-order valence-electron chi connectivity index (χ0n) is 60.4. The average Bonchev–Trinajstić information content (AvgIpc) is 1.56. The normalized spacial score (nSPS) is 16.6. The molecule has 0 bridgehead atoms. The van der Waals surface area contributed by atoms with E-state index in [0.717, 1.165) is 52.5 Å². The third-order valence-electron chi connectivity index (χ3n) is 23.1. The van der Waals surface area contributed by atoms with Crippen LogP contribution in [-0.2, 0) is 27.1 Å². The molecule has 0 fully saturated rings. The van der Waals surface area contributed by atoms with Gasteiger partial charge in [-0.15, -0.1) is 0 Å². The van der Waals surface area contributed by atoms with Crippen LogP contribution < -0.4 is 9.80 Å². The lowest BCUT2D eigenvalue weighted by atomic mass is 9.64. The number of allylic oxidation sites excluding steroid dienone is 5. The third-order valence-corrected chi connectivity index (χ3v) is 23.1. The van der Waals surface area contributed by atoms with Crippen LogP contribution in [0.1, 0.15) is 135 Å². The van der Waals surface area contributed by atoms with Gasteiger partial charge in [0.25, 0.3) is 0 Å². The van der Waals surface area contributed by atoms with Gasteiger partial charge in [0.15, 0.2) is 0 Å². The van der Waals surface area contributed by atoms with Gasteiger partial charge in [0.05, 0.1) is 10.8 Å². The topological polar surface area (TPSA) is 6.48 Å². The monoisotopic (exact) mass is 1330 g/mol. The maximum Gasteiger partial charge on any atom is 0.0714 e. The van der Waals surface area contributed by atoms with Gasteiger partial charge >= 0.3 is 0 Å². The van der Waals surface area contributed by atoms with Crippen molar-refractivity contribution in [3.63, 3.8) is 0 Å². The molecular formula is C101H86N2. The van der Waals surface area contributed by atoms with Gasteiger partial charge in [-0.1, -0.05) is 329 Å². The molecule has 2 unspecified atom stereocenters. The minimum atomic E-state index is -0.634. The van der Waals surface area contributed by atoms with E-state index in [0.29, 0.717) is 0 Å². The van der Waals surface area contributed by atoms with Gasteiger partial charge in [-0.3, -0.25) is 0 Å². The lowest BCUT2D eigenvalue weighted by Crippen LogP contribution is -2.31.